The van der Waals surface area contributed by atoms with Gasteiger partial charge in [0.15, 0.2) is 0 Å². The third kappa shape index (κ3) is 3.60. The van der Waals surface area contributed by atoms with E-state index in [0.29, 0.717) is 37.7 Å². The van der Waals surface area contributed by atoms with E-state index in [-0.39, 0.29) is 59.5 Å². The van der Waals surface area contributed by atoms with E-state index in [1.54, 1.807) is 6.92 Å². The standard InChI is InChI=1S/C34H42O9/c1-14-8-25-22(11-23-27(14)26(40-18(5)35)12-32(23,7)39)34(31(38)43-25)13-33-15(2)9-24-20(16(3)30(37)42-24)10-21(33)17(4)28(34)29(33)41-19(6)36/h8,15,20,22-29,39H,3,9-13H2,1-2,4-7H3/t15-,20+,22-,23+,24-,25-,26-,27+,28-,29+,32+,33-,34-/m0/s1. The van der Waals surface area contributed by atoms with Gasteiger partial charge in [0.05, 0.1) is 11.0 Å². The molecule has 9 nitrogen and oxygen atoms in total. The molecule has 0 aromatic heterocycles. The summed E-state index contributed by atoms with van der Waals surface area (Å²) in [5, 5.41) is 11.7. The van der Waals surface area contributed by atoms with Gasteiger partial charge in [0.1, 0.15) is 24.4 Å². The van der Waals surface area contributed by atoms with Gasteiger partial charge in [0.2, 0.25) is 0 Å². The Hall–Kier alpha value is -2.94. The predicted octanol–water partition coefficient (Wildman–Crippen LogP) is 3.98. The van der Waals surface area contributed by atoms with E-state index in [0.717, 1.165) is 16.7 Å². The fourth-order valence-electron chi connectivity index (χ4n) is 11.2. The van der Waals surface area contributed by atoms with Crippen molar-refractivity contribution in [1.29, 1.82) is 0 Å². The smallest absolute Gasteiger partial charge is 0.334 e. The zero-order valence-electron chi connectivity index (χ0n) is 25.8. The summed E-state index contributed by atoms with van der Waals surface area (Å²) >= 11 is 0. The van der Waals surface area contributed by atoms with Gasteiger partial charge in [-0.3, -0.25) is 14.4 Å². The Labute approximate surface area is 252 Å². The van der Waals surface area contributed by atoms with E-state index >= 15 is 0 Å². The van der Waals surface area contributed by atoms with Crippen molar-refractivity contribution in [3.63, 3.8) is 0 Å². The number of esters is 4. The first-order valence-electron chi connectivity index (χ1n) is 15.7. The first-order chi connectivity index (χ1) is 20.1. The molecule has 2 aliphatic heterocycles. The van der Waals surface area contributed by atoms with Crippen molar-refractivity contribution in [1.82, 2.24) is 0 Å². The topological polar surface area (TPSA) is 125 Å². The molecule has 0 unspecified atom stereocenters. The van der Waals surface area contributed by atoms with Gasteiger partial charge >= 0.3 is 23.9 Å². The van der Waals surface area contributed by atoms with E-state index in [4.69, 9.17) is 18.9 Å². The highest BCUT2D eigenvalue weighted by Crippen LogP contribution is 2.76. The van der Waals surface area contributed by atoms with Gasteiger partial charge in [0.25, 0.3) is 0 Å². The van der Waals surface area contributed by atoms with Crippen LogP contribution in [-0.4, -0.2) is 59.0 Å². The van der Waals surface area contributed by atoms with E-state index in [1.807, 2.05) is 13.0 Å². The van der Waals surface area contributed by atoms with Crippen LogP contribution in [0, 0.1) is 46.3 Å². The lowest BCUT2D eigenvalue weighted by Gasteiger charge is -2.43. The minimum atomic E-state index is -1.11. The van der Waals surface area contributed by atoms with Crippen molar-refractivity contribution in [2.45, 2.75) is 104 Å². The minimum absolute atomic E-state index is 0.0505. The second-order valence-electron chi connectivity index (χ2n) is 14.8. The molecule has 0 aromatic rings. The zero-order chi connectivity index (χ0) is 31.0. The van der Waals surface area contributed by atoms with Crippen molar-refractivity contribution in [3.05, 3.63) is 34.9 Å². The van der Waals surface area contributed by atoms with Gasteiger partial charge in [0, 0.05) is 54.9 Å². The molecule has 0 amide bonds. The normalized spacial score (nSPS) is 49.4. The van der Waals surface area contributed by atoms with Crippen LogP contribution in [0.4, 0.5) is 0 Å². The van der Waals surface area contributed by atoms with Crippen LogP contribution in [0.2, 0.25) is 0 Å². The van der Waals surface area contributed by atoms with Crippen molar-refractivity contribution >= 4 is 23.9 Å². The largest absolute Gasteiger partial charge is 0.462 e. The summed E-state index contributed by atoms with van der Waals surface area (Å²) in [6.45, 7) is 14.8. The number of fused-ring (bicyclic) bond motifs is 6. The van der Waals surface area contributed by atoms with Crippen molar-refractivity contribution in [2.24, 2.45) is 46.3 Å². The van der Waals surface area contributed by atoms with Gasteiger partial charge in [-0.15, -0.1) is 0 Å². The Bertz CT molecular complexity index is 1420. The van der Waals surface area contributed by atoms with Crippen LogP contribution in [0.25, 0.3) is 0 Å². The molecule has 5 aliphatic carbocycles. The predicted molar refractivity (Wildman–Crippen MR) is 152 cm³/mol. The number of aliphatic hydroxyl groups is 1. The first kappa shape index (κ1) is 28.8. The van der Waals surface area contributed by atoms with Gasteiger partial charge in [-0.25, -0.2) is 4.79 Å². The summed E-state index contributed by atoms with van der Waals surface area (Å²) in [7, 11) is 0. The van der Waals surface area contributed by atoms with Crippen molar-refractivity contribution < 1.29 is 43.2 Å². The molecule has 3 saturated carbocycles. The summed E-state index contributed by atoms with van der Waals surface area (Å²) in [5.41, 5.74) is 0.944. The number of hydrogen-bond donors (Lipinski definition) is 1. The quantitative estimate of drug-likeness (QED) is 0.219. The van der Waals surface area contributed by atoms with Gasteiger partial charge in [-0.1, -0.05) is 30.2 Å². The van der Waals surface area contributed by atoms with Crippen LogP contribution in [0.15, 0.2) is 34.9 Å². The summed E-state index contributed by atoms with van der Waals surface area (Å²) in [4.78, 5) is 51.5. The lowest BCUT2D eigenvalue weighted by atomic mass is 9.57. The first-order valence-corrected chi connectivity index (χ1v) is 15.7. The molecule has 2 bridgehead atoms. The minimum Gasteiger partial charge on any atom is -0.462 e. The Morgan fingerprint density at radius 3 is 2.42 bits per heavy atom. The number of carbonyl (C=O) groups is 4. The molecule has 2 heterocycles. The third-order valence-electron chi connectivity index (χ3n) is 12.8. The summed E-state index contributed by atoms with van der Waals surface area (Å²) in [6.07, 6.45) is 2.66. The molecule has 5 fully saturated rings. The fourth-order valence-corrected chi connectivity index (χ4v) is 11.2. The van der Waals surface area contributed by atoms with Crippen LogP contribution in [-0.2, 0) is 38.1 Å². The maximum Gasteiger partial charge on any atom is 0.334 e. The molecule has 2 spiro atoms. The van der Waals surface area contributed by atoms with E-state index in [9.17, 15) is 24.3 Å². The lowest BCUT2D eigenvalue weighted by Crippen LogP contribution is -2.45. The maximum atomic E-state index is 14.3. The molecule has 2 saturated heterocycles. The summed E-state index contributed by atoms with van der Waals surface area (Å²) < 4.78 is 24.0. The molecule has 13 atom stereocenters. The Morgan fingerprint density at radius 2 is 1.74 bits per heavy atom. The van der Waals surface area contributed by atoms with Crippen LogP contribution < -0.4 is 0 Å². The van der Waals surface area contributed by atoms with E-state index in [1.165, 1.54) is 13.8 Å². The van der Waals surface area contributed by atoms with Crippen LogP contribution in [0.5, 0.6) is 0 Å². The average Bonchev–Trinajstić information content (AvgIpc) is 3.50. The maximum absolute atomic E-state index is 14.3. The second-order valence-corrected chi connectivity index (χ2v) is 14.8. The van der Waals surface area contributed by atoms with E-state index < -0.39 is 40.7 Å². The lowest BCUT2D eigenvalue weighted by molar-refractivity contribution is -0.156. The van der Waals surface area contributed by atoms with Crippen molar-refractivity contribution in [3.8, 4) is 0 Å². The highest BCUT2D eigenvalue weighted by molar-refractivity contribution is 5.91. The fraction of sp³-hybridized carbons (Fsp3) is 0.706. The molecule has 7 rings (SSSR count). The van der Waals surface area contributed by atoms with Gasteiger partial charge in [-0.2, -0.15) is 0 Å². The molecular weight excluding hydrogens is 552 g/mol. The summed E-state index contributed by atoms with van der Waals surface area (Å²) in [5.74, 6) is -2.69. The van der Waals surface area contributed by atoms with Gasteiger partial charge in [-0.05, 0) is 64.4 Å². The monoisotopic (exact) mass is 594 g/mol. The van der Waals surface area contributed by atoms with Crippen LogP contribution >= 0.6 is 0 Å². The molecule has 1 N–H and O–H groups in total. The molecule has 7 aliphatic rings. The van der Waals surface area contributed by atoms with Crippen molar-refractivity contribution in [2.75, 3.05) is 0 Å². The molecule has 0 aromatic carbocycles. The number of hydrogen-bond acceptors (Lipinski definition) is 9. The average molecular weight is 595 g/mol. The van der Waals surface area contributed by atoms with E-state index in [2.05, 4.69) is 20.4 Å². The molecule has 0 radical (unpaired) electrons. The van der Waals surface area contributed by atoms with Gasteiger partial charge < -0.3 is 24.1 Å². The third-order valence-corrected chi connectivity index (χ3v) is 12.8. The number of rotatable bonds is 2. The SMILES string of the molecule is C=C1C(=O)O[C@H]2C[C@H](C)[C@@]34C[C@@]5(C(=O)O[C@H]6C=C(C)[C@H]7[C@@H](OC(C)=O)C[C@@](C)(O)[C@@H]7C[C@@H]65)[C@@H](C(C)=C3C[C@H]12)[C@H]4OC(C)=O. The molecule has 9 heteroatoms. The number of carbonyl (C=O) groups excluding carboxylic acids is 4. The molecule has 232 valence electrons. The molecular formula is C34H42O9. The Morgan fingerprint density at radius 1 is 1.05 bits per heavy atom. The number of ether oxygens (including phenoxy) is 4. The van der Waals surface area contributed by atoms with Crippen LogP contribution in [0.3, 0.4) is 0 Å². The Balaban J connectivity index is 1.35. The summed E-state index contributed by atoms with van der Waals surface area (Å²) in [6, 6.07) is 0. The highest BCUT2D eigenvalue weighted by atomic mass is 16.6. The zero-order valence-corrected chi connectivity index (χ0v) is 25.8. The molecule has 43 heavy (non-hydrogen) atoms. The van der Waals surface area contributed by atoms with Crippen LogP contribution in [0.1, 0.15) is 73.6 Å². The second kappa shape index (κ2) is 9.05. The highest BCUT2D eigenvalue weighted by Gasteiger charge is 2.79. The Kier molecular flexibility index (Phi) is 6.06.